The minimum atomic E-state index is -0.589. The van der Waals surface area contributed by atoms with Crippen molar-refractivity contribution in [3.05, 3.63) is 63.6 Å². The SMILES string of the molecule is Nc1c(Cl)ccc(Cl)c1C(=O)OCc1ccccc1. The molecule has 0 aliphatic heterocycles. The van der Waals surface area contributed by atoms with E-state index >= 15 is 0 Å². The Morgan fingerprint density at radius 3 is 2.37 bits per heavy atom. The quantitative estimate of drug-likeness (QED) is 0.689. The van der Waals surface area contributed by atoms with Gasteiger partial charge in [0.15, 0.2) is 0 Å². The molecule has 0 spiro atoms. The van der Waals surface area contributed by atoms with Gasteiger partial charge in [-0.3, -0.25) is 0 Å². The molecule has 0 saturated heterocycles. The fourth-order valence-electron chi connectivity index (χ4n) is 1.57. The van der Waals surface area contributed by atoms with Crippen LogP contribution in [0.5, 0.6) is 0 Å². The van der Waals surface area contributed by atoms with Crippen LogP contribution in [0.4, 0.5) is 5.69 Å². The number of hydrogen-bond donors (Lipinski definition) is 1. The third-order valence-corrected chi connectivity index (χ3v) is 3.20. The molecule has 0 heterocycles. The highest BCUT2D eigenvalue weighted by Crippen LogP contribution is 2.29. The van der Waals surface area contributed by atoms with Crippen LogP contribution in [0.15, 0.2) is 42.5 Å². The van der Waals surface area contributed by atoms with Crippen LogP contribution >= 0.6 is 23.2 Å². The van der Waals surface area contributed by atoms with E-state index in [1.54, 1.807) is 0 Å². The molecule has 3 nitrogen and oxygen atoms in total. The maximum absolute atomic E-state index is 12.0. The summed E-state index contributed by atoms with van der Waals surface area (Å²) in [5.74, 6) is -0.589. The Balaban J connectivity index is 2.15. The van der Waals surface area contributed by atoms with E-state index in [2.05, 4.69) is 0 Å². The molecular weight excluding hydrogens is 285 g/mol. The van der Waals surface area contributed by atoms with Crippen molar-refractivity contribution in [3.63, 3.8) is 0 Å². The van der Waals surface area contributed by atoms with Crippen molar-refractivity contribution >= 4 is 34.9 Å². The summed E-state index contributed by atoms with van der Waals surface area (Å²) >= 11 is 11.8. The lowest BCUT2D eigenvalue weighted by Crippen LogP contribution is -2.09. The zero-order valence-corrected chi connectivity index (χ0v) is 11.4. The van der Waals surface area contributed by atoms with Crippen molar-refractivity contribution in [1.82, 2.24) is 0 Å². The molecule has 5 heteroatoms. The van der Waals surface area contributed by atoms with Gasteiger partial charge in [0.1, 0.15) is 12.2 Å². The summed E-state index contributed by atoms with van der Waals surface area (Å²) in [4.78, 5) is 12.0. The van der Waals surface area contributed by atoms with Gasteiger partial charge < -0.3 is 10.5 Å². The van der Waals surface area contributed by atoms with Crippen LogP contribution in [0, 0.1) is 0 Å². The van der Waals surface area contributed by atoms with Gasteiger partial charge in [0.05, 0.1) is 15.7 Å². The first-order chi connectivity index (χ1) is 9.09. The predicted octanol–water partition coefficient (Wildman–Crippen LogP) is 3.93. The van der Waals surface area contributed by atoms with Crippen LogP contribution in [-0.4, -0.2) is 5.97 Å². The van der Waals surface area contributed by atoms with Crippen LogP contribution in [0.25, 0.3) is 0 Å². The summed E-state index contributed by atoms with van der Waals surface area (Å²) in [5, 5.41) is 0.496. The Morgan fingerprint density at radius 1 is 1.05 bits per heavy atom. The van der Waals surface area contributed by atoms with Crippen LogP contribution in [-0.2, 0) is 11.3 Å². The summed E-state index contributed by atoms with van der Waals surface area (Å²) in [6.07, 6.45) is 0. The van der Waals surface area contributed by atoms with Gasteiger partial charge in [0, 0.05) is 0 Å². The number of rotatable bonds is 3. The van der Waals surface area contributed by atoms with E-state index < -0.39 is 5.97 Å². The van der Waals surface area contributed by atoms with Gasteiger partial charge >= 0.3 is 5.97 Å². The third-order valence-electron chi connectivity index (χ3n) is 2.56. The van der Waals surface area contributed by atoms with Crippen molar-refractivity contribution in [2.45, 2.75) is 6.61 Å². The molecule has 0 aliphatic carbocycles. The average Bonchev–Trinajstić information content (AvgIpc) is 2.42. The minimum absolute atomic E-state index is 0.102. The van der Waals surface area contributed by atoms with E-state index in [1.807, 2.05) is 30.3 Å². The number of nitrogen functional groups attached to an aromatic ring is 1. The molecule has 0 amide bonds. The highest BCUT2D eigenvalue weighted by atomic mass is 35.5. The zero-order valence-electron chi connectivity index (χ0n) is 9.90. The molecule has 2 N–H and O–H groups in total. The topological polar surface area (TPSA) is 52.3 Å². The number of benzene rings is 2. The second-order valence-corrected chi connectivity index (χ2v) is 4.69. The van der Waals surface area contributed by atoms with Gasteiger partial charge in [-0.05, 0) is 17.7 Å². The molecule has 0 saturated carbocycles. The number of carbonyl (C=O) groups excluding carboxylic acids is 1. The third kappa shape index (κ3) is 3.19. The van der Waals surface area contributed by atoms with Crippen molar-refractivity contribution < 1.29 is 9.53 Å². The molecular formula is C14H11Cl2NO2. The monoisotopic (exact) mass is 295 g/mol. The molecule has 0 fully saturated rings. The lowest BCUT2D eigenvalue weighted by atomic mass is 10.2. The van der Waals surface area contributed by atoms with E-state index in [0.717, 1.165) is 5.56 Å². The number of nitrogens with two attached hydrogens (primary N) is 1. The smallest absolute Gasteiger partial charge is 0.342 e. The Bertz CT molecular complexity index is 600. The van der Waals surface area contributed by atoms with Crippen molar-refractivity contribution in [2.75, 3.05) is 5.73 Å². The predicted molar refractivity (Wildman–Crippen MR) is 76.4 cm³/mol. The lowest BCUT2D eigenvalue weighted by molar-refractivity contribution is 0.0474. The number of ether oxygens (including phenoxy) is 1. The highest BCUT2D eigenvalue weighted by molar-refractivity contribution is 6.38. The molecule has 98 valence electrons. The number of hydrogen-bond acceptors (Lipinski definition) is 3. The van der Waals surface area contributed by atoms with Gasteiger partial charge in [0.2, 0.25) is 0 Å². The largest absolute Gasteiger partial charge is 0.457 e. The van der Waals surface area contributed by atoms with Gasteiger partial charge in [-0.2, -0.15) is 0 Å². The van der Waals surface area contributed by atoms with E-state index in [0.29, 0.717) is 0 Å². The van der Waals surface area contributed by atoms with Crippen LogP contribution in [0.1, 0.15) is 15.9 Å². The standard InChI is InChI=1S/C14H11Cl2NO2/c15-10-6-7-11(16)13(17)12(10)14(18)19-8-9-4-2-1-3-5-9/h1-7H,8,17H2. The van der Waals surface area contributed by atoms with E-state index in [4.69, 9.17) is 33.7 Å². The maximum atomic E-state index is 12.0. The second kappa shape index (κ2) is 5.95. The van der Waals surface area contributed by atoms with Crippen LogP contribution in [0.2, 0.25) is 10.0 Å². The maximum Gasteiger partial charge on any atom is 0.342 e. The summed E-state index contributed by atoms with van der Waals surface area (Å²) < 4.78 is 5.17. The lowest BCUT2D eigenvalue weighted by Gasteiger charge is -2.09. The molecule has 2 aromatic carbocycles. The molecule has 0 aliphatic rings. The second-order valence-electron chi connectivity index (χ2n) is 3.88. The Hall–Kier alpha value is -1.71. The van der Waals surface area contributed by atoms with E-state index in [-0.39, 0.29) is 27.9 Å². The van der Waals surface area contributed by atoms with Crippen molar-refractivity contribution in [3.8, 4) is 0 Å². The molecule has 0 unspecified atom stereocenters. The van der Waals surface area contributed by atoms with Gasteiger partial charge in [-0.15, -0.1) is 0 Å². The summed E-state index contributed by atoms with van der Waals surface area (Å²) in [5.41, 5.74) is 6.85. The molecule has 0 radical (unpaired) electrons. The fourth-order valence-corrected chi connectivity index (χ4v) is 1.97. The number of carbonyl (C=O) groups is 1. The van der Waals surface area contributed by atoms with Crippen molar-refractivity contribution in [1.29, 1.82) is 0 Å². The molecule has 19 heavy (non-hydrogen) atoms. The normalized spacial score (nSPS) is 10.2. The molecule has 2 rings (SSSR count). The van der Waals surface area contributed by atoms with Gasteiger partial charge in [0.25, 0.3) is 0 Å². The number of esters is 1. The molecule has 0 aromatic heterocycles. The first-order valence-corrected chi connectivity index (χ1v) is 6.29. The van der Waals surface area contributed by atoms with E-state index in [1.165, 1.54) is 12.1 Å². The number of anilines is 1. The van der Waals surface area contributed by atoms with Crippen molar-refractivity contribution in [2.24, 2.45) is 0 Å². The van der Waals surface area contributed by atoms with E-state index in [9.17, 15) is 4.79 Å². The first-order valence-electron chi connectivity index (χ1n) is 5.54. The molecule has 2 aromatic rings. The Labute approximate surface area is 120 Å². The summed E-state index contributed by atoms with van der Waals surface area (Å²) in [6, 6.07) is 12.4. The van der Waals surface area contributed by atoms with Gasteiger partial charge in [-0.1, -0.05) is 53.5 Å². The highest BCUT2D eigenvalue weighted by Gasteiger charge is 2.17. The summed E-state index contributed by atoms with van der Waals surface area (Å²) in [7, 11) is 0. The van der Waals surface area contributed by atoms with Crippen LogP contribution in [0.3, 0.4) is 0 Å². The Morgan fingerprint density at radius 2 is 1.68 bits per heavy atom. The Kier molecular flexibility index (Phi) is 4.30. The molecule has 0 bridgehead atoms. The molecule has 0 atom stereocenters. The van der Waals surface area contributed by atoms with Crippen LogP contribution < -0.4 is 5.73 Å². The zero-order chi connectivity index (χ0) is 13.8. The number of halogens is 2. The fraction of sp³-hybridized carbons (Fsp3) is 0.0714. The van der Waals surface area contributed by atoms with Gasteiger partial charge in [-0.25, -0.2) is 4.79 Å². The summed E-state index contributed by atoms with van der Waals surface area (Å²) in [6.45, 7) is 0.155. The first kappa shape index (κ1) is 13.7. The average molecular weight is 296 g/mol. The minimum Gasteiger partial charge on any atom is -0.457 e.